The first-order valence-corrected chi connectivity index (χ1v) is 7.73. The molecule has 1 aliphatic rings. The average molecular weight is 352 g/mol. The number of methoxy groups -OCH3 is 1. The Morgan fingerprint density at radius 3 is 2.83 bits per heavy atom. The summed E-state index contributed by atoms with van der Waals surface area (Å²) in [6.45, 7) is 2.16. The van der Waals surface area contributed by atoms with Crippen LogP contribution in [0.15, 0.2) is 29.5 Å². The van der Waals surface area contributed by atoms with Crippen LogP contribution in [-0.4, -0.2) is 37.8 Å². The second-order valence-electron chi connectivity index (χ2n) is 4.93. The number of amides is 1. The predicted octanol–water partition coefficient (Wildman–Crippen LogP) is 2.12. The highest BCUT2D eigenvalue weighted by Crippen LogP contribution is 2.29. The molecule has 8 heteroatoms. The molecular weight excluding hydrogens is 334 g/mol. The number of hydrogen-bond donors (Lipinski definition) is 3. The van der Waals surface area contributed by atoms with Gasteiger partial charge in [-0.05, 0) is 25.5 Å². The van der Waals surface area contributed by atoms with Gasteiger partial charge in [0.1, 0.15) is 17.2 Å². The van der Waals surface area contributed by atoms with Gasteiger partial charge in [-0.1, -0.05) is 11.6 Å². The molecule has 1 aromatic carbocycles. The molecule has 3 N–H and O–H groups in total. The molecule has 1 aliphatic heterocycles. The second-order valence-corrected chi connectivity index (χ2v) is 5.33. The third-order valence-corrected chi connectivity index (χ3v) is 3.72. The molecule has 0 fully saturated rings. The van der Waals surface area contributed by atoms with Crippen molar-refractivity contribution in [3.8, 4) is 5.75 Å². The molecule has 0 unspecified atom stereocenters. The first-order chi connectivity index (χ1) is 11.5. The minimum absolute atomic E-state index is 0.117. The van der Waals surface area contributed by atoms with Gasteiger partial charge in [-0.15, -0.1) is 0 Å². The van der Waals surface area contributed by atoms with E-state index < -0.39 is 11.9 Å². The largest absolute Gasteiger partial charge is 0.497 e. The van der Waals surface area contributed by atoms with Crippen molar-refractivity contribution in [2.75, 3.05) is 25.6 Å². The summed E-state index contributed by atoms with van der Waals surface area (Å²) in [5.41, 5.74) is 0.549. The molecule has 1 aromatic rings. The van der Waals surface area contributed by atoms with Gasteiger partial charge < -0.3 is 20.1 Å². The van der Waals surface area contributed by atoms with Gasteiger partial charge in [-0.25, -0.2) is 4.79 Å². The van der Waals surface area contributed by atoms with Crippen LogP contribution in [0.4, 0.5) is 5.69 Å². The summed E-state index contributed by atoms with van der Waals surface area (Å²) in [6.07, 6.45) is 0.347. The zero-order valence-corrected chi connectivity index (χ0v) is 14.1. The van der Waals surface area contributed by atoms with Crippen molar-refractivity contribution in [3.05, 3.63) is 34.5 Å². The van der Waals surface area contributed by atoms with Crippen molar-refractivity contribution in [1.82, 2.24) is 5.32 Å². The molecule has 0 radical (unpaired) electrons. The van der Waals surface area contributed by atoms with E-state index in [0.717, 1.165) is 0 Å². The number of nitrogens with one attached hydrogen (secondary N) is 3. The Bertz CT molecular complexity index is 715. The lowest BCUT2D eigenvalue weighted by molar-refractivity contribution is -0.135. The number of rotatable bonds is 6. The Morgan fingerprint density at radius 1 is 1.46 bits per heavy atom. The number of anilines is 1. The van der Waals surface area contributed by atoms with E-state index in [1.807, 2.05) is 0 Å². The van der Waals surface area contributed by atoms with E-state index in [1.165, 1.54) is 7.11 Å². The monoisotopic (exact) mass is 351 g/mol. The van der Waals surface area contributed by atoms with Crippen molar-refractivity contribution >= 4 is 34.9 Å². The molecule has 7 nitrogen and oxygen atoms in total. The Morgan fingerprint density at radius 2 is 2.21 bits per heavy atom. The van der Waals surface area contributed by atoms with Crippen LogP contribution in [0.3, 0.4) is 0 Å². The summed E-state index contributed by atoms with van der Waals surface area (Å²) in [4.78, 5) is 24.0. The van der Waals surface area contributed by atoms with Gasteiger partial charge in [-0.3, -0.25) is 10.2 Å². The van der Waals surface area contributed by atoms with Crippen molar-refractivity contribution in [1.29, 1.82) is 5.41 Å². The van der Waals surface area contributed by atoms with Gasteiger partial charge in [0.15, 0.2) is 0 Å². The van der Waals surface area contributed by atoms with Crippen LogP contribution in [0.5, 0.6) is 5.75 Å². The number of esters is 1. The molecule has 0 bridgehead atoms. The van der Waals surface area contributed by atoms with Gasteiger partial charge >= 0.3 is 5.97 Å². The molecule has 0 saturated heterocycles. The molecule has 2 rings (SSSR count). The molecule has 0 spiro atoms. The summed E-state index contributed by atoms with van der Waals surface area (Å²) in [5, 5.41) is 13.9. The smallest absolute Gasteiger partial charge is 0.356 e. The predicted molar refractivity (Wildman–Crippen MR) is 90.6 cm³/mol. The van der Waals surface area contributed by atoms with Crippen LogP contribution < -0.4 is 15.4 Å². The van der Waals surface area contributed by atoms with Crippen LogP contribution in [0, 0.1) is 5.41 Å². The van der Waals surface area contributed by atoms with Crippen molar-refractivity contribution < 1.29 is 19.1 Å². The molecule has 24 heavy (non-hydrogen) atoms. The molecule has 128 valence electrons. The van der Waals surface area contributed by atoms with Gasteiger partial charge in [0.25, 0.3) is 5.91 Å². The summed E-state index contributed by atoms with van der Waals surface area (Å²) in [7, 11) is 1.52. The lowest BCUT2D eigenvalue weighted by Crippen LogP contribution is -2.38. The van der Waals surface area contributed by atoms with Gasteiger partial charge in [0.05, 0.1) is 24.4 Å². The second kappa shape index (κ2) is 7.83. The molecular formula is C16H18ClN3O4. The number of hydrogen-bond acceptors (Lipinski definition) is 6. The number of ether oxygens (including phenoxy) is 2. The highest BCUT2D eigenvalue weighted by molar-refractivity contribution is 6.43. The SMILES string of the molecule is CCOC(=O)C(=N)C1=C(Nc2ccc(OC)cc2Cl)C(=O)NCC1. The topological polar surface area (TPSA) is 101 Å². The van der Waals surface area contributed by atoms with Crippen LogP contribution in [0.1, 0.15) is 13.3 Å². The minimum atomic E-state index is -0.762. The Labute approximate surface area is 144 Å². The lowest BCUT2D eigenvalue weighted by Gasteiger charge is -2.22. The third-order valence-electron chi connectivity index (χ3n) is 3.41. The fraction of sp³-hybridized carbons (Fsp3) is 0.312. The highest BCUT2D eigenvalue weighted by atomic mass is 35.5. The maximum atomic E-state index is 12.2. The molecule has 0 aliphatic carbocycles. The molecule has 0 atom stereocenters. The number of carbonyl (C=O) groups excluding carboxylic acids is 2. The van der Waals surface area contributed by atoms with Gasteiger partial charge in [-0.2, -0.15) is 0 Å². The van der Waals surface area contributed by atoms with Crippen molar-refractivity contribution in [2.45, 2.75) is 13.3 Å². The van der Waals surface area contributed by atoms with Crippen LogP contribution in [0.2, 0.25) is 5.02 Å². The summed E-state index contributed by atoms with van der Waals surface area (Å²) < 4.78 is 9.92. The highest BCUT2D eigenvalue weighted by Gasteiger charge is 2.27. The van der Waals surface area contributed by atoms with Gasteiger partial charge in [0, 0.05) is 18.2 Å². The third kappa shape index (κ3) is 3.86. The zero-order chi connectivity index (χ0) is 17.7. The average Bonchev–Trinajstić information content (AvgIpc) is 2.57. The molecule has 1 heterocycles. The Balaban J connectivity index is 2.36. The fourth-order valence-corrected chi connectivity index (χ4v) is 2.44. The van der Waals surface area contributed by atoms with E-state index in [9.17, 15) is 9.59 Å². The zero-order valence-electron chi connectivity index (χ0n) is 13.4. The maximum absolute atomic E-state index is 12.2. The molecule has 0 saturated carbocycles. The van der Waals surface area contributed by atoms with Crippen LogP contribution >= 0.6 is 11.6 Å². The Kier molecular flexibility index (Phi) is 5.81. The van der Waals surface area contributed by atoms with Crippen molar-refractivity contribution in [3.63, 3.8) is 0 Å². The number of benzene rings is 1. The first-order valence-electron chi connectivity index (χ1n) is 7.35. The standard InChI is InChI=1S/C16H18ClN3O4/c1-3-24-16(22)13(18)10-6-7-19-15(21)14(10)20-12-5-4-9(23-2)8-11(12)17/h4-5,8,18,20H,3,6-7H2,1-2H3,(H,19,21). The molecule has 0 aromatic heterocycles. The van der Waals surface area contributed by atoms with E-state index in [1.54, 1.807) is 25.1 Å². The quantitative estimate of drug-likeness (QED) is 0.538. The number of halogens is 1. The van der Waals surface area contributed by atoms with E-state index in [-0.39, 0.29) is 18.0 Å². The lowest BCUT2D eigenvalue weighted by atomic mass is 10.0. The molecule has 1 amide bonds. The van der Waals surface area contributed by atoms with E-state index in [4.69, 9.17) is 26.5 Å². The fourth-order valence-electron chi connectivity index (χ4n) is 2.22. The van der Waals surface area contributed by atoms with E-state index in [0.29, 0.717) is 35.0 Å². The minimum Gasteiger partial charge on any atom is -0.497 e. The first kappa shape index (κ1) is 17.8. The van der Waals surface area contributed by atoms with Crippen LogP contribution in [-0.2, 0) is 14.3 Å². The summed E-state index contributed by atoms with van der Waals surface area (Å²) in [6, 6.07) is 4.94. The normalized spacial score (nSPS) is 14.0. The summed E-state index contributed by atoms with van der Waals surface area (Å²) in [5.74, 6) is -0.591. The van der Waals surface area contributed by atoms with Crippen molar-refractivity contribution in [2.24, 2.45) is 0 Å². The van der Waals surface area contributed by atoms with Gasteiger partial charge in [0.2, 0.25) is 0 Å². The van der Waals surface area contributed by atoms with E-state index >= 15 is 0 Å². The Hall–Kier alpha value is -2.54. The van der Waals surface area contributed by atoms with E-state index in [2.05, 4.69) is 10.6 Å². The summed E-state index contributed by atoms with van der Waals surface area (Å²) >= 11 is 6.17. The van der Waals surface area contributed by atoms with Crippen LogP contribution in [0.25, 0.3) is 0 Å². The maximum Gasteiger partial charge on any atom is 0.356 e. The number of carbonyl (C=O) groups is 2.